The van der Waals surface area contributed by atoms with E-state index in [1.54, 1.807) is 18.2 Å². The van der Waals surface area contributed by atoms with E-state index >= 15 is 0 Å². The van der Waals surface area contributed by atoms with Crippen molar-refractivity contribution in [3.05, 3.63) is 58.0 Å². The van der Waals surface area contributed by atoms with E-state index in [1.807, 2.05) is 0 Å². The number of amides is 1. The molecule has 0 saturated heterocycles. The summed E-state index contributed by atoms with van der Waals surface area (Å²) in [5.74, 6) is -1.11. The van der Waals surface area contributed by atoms with Gasteiger partial charge in [-0.05, 0) is 60.2 Å². The monoisotopic (exact) mass is 519 g/mol. The van der Waals surface area contributed by atoms with E-state index < -0.39 is 23.4 Å². The molecule has 0 unspecified atom stereocenters. The third kappa shape index (κ3) is 6.79. The average molecular weight is 520 g/mol. The molecule has 0 radical (unpaired) electrons. The Morgan fingerprint density at radius 2 is 1.92 bits per heavy atom. The zero-order valence-electron chi connectivity index (χ0n) is 19.1. The fraction of sp³-hybridized carbons (Fsp3) is 0.250. The van der Waals surface area contributed by atoms with Crippen molar-refractivity contribution in [3.63, 3.8) is 0 Å². The molecule has 0 aliphatic carbocycles. The van der Waals surface area contributed by atoms with Gasteiger partial charge in [0.1, 0.15) is 5.75 Å². The standard InChI is InChI=1S/C24H20F3N3O5S/c1-33-19-11-14(12-20-22(32)30-23(36-20)29-9-3-4-21(31)34-2)5-8-18(19)35-17-7-6-15(13-28)10-16(17)24(25,26)27/h5-8,10-12H,3-4,9H2,1-2H3,(H,29,30,32)/b20-12+. The minimum absolute atomic E-state index is 0.0180. The molecule has 1 aliphatic rings. The van der Waals surface area contributed by atoms with E-state index in [1.165, 1.54) is 32.4 Å². The molecule has 0 saturated carbocycles. The summed E-state index contributed by atoms with van der Waals surface area (Å²) in [6.07, 6.45) is -2.42. The molecule has 1 aliphatic heterocycles. The number of nitrogens with zero attached hydrogens (tertiary/aromatic N) is 2. The highest BCUT2D eigenvalue weighted by Gasteiger charge is 2.35. The second-order valence-electron chi connectivity index (χ2n) is 7.27. The van der Waals surface area contributed by atoms with Crippen LogP contribution in [0.4, 0.5) is 13.2 Å². The number of nitriles is 1. The number of halogens is 3. The lowest BCUT2D eigenvalue weighted by molar-refractivity contribution is -0.141. The molecular formula is C24H20F3N3O5S. The quantitative estimate of drug-likeness (QED) is 0.298. The molecule has 0 aromatic heterocycles. The van der Waals surface area contributed by atoms with Gasteiger partial charge in [0, 0.05) is 13.0 Å². The summed E-state index contributed by atoms with van der Waals surface area (Å²) < 4.78 is 55.7. The lowest BCUT2D eigenvalue weighted by Gasteiger charge is -2.16. The first-order valence-corrected chi connectivity index (χ1v) is 11.3. The summed E-state index contributed by atoms with van der Waals surface area (Å²) in [6, 6.07) is 9.16. The van der Waals surface area contributed by atoms with Gasteiger partial charge in [0.2, 0.25) is 0 Å². The van der Waals surface area contributed by atoms with Crippen molar-refractivity contribution in [2.45, 2.75) is 19.0 Å². The molecule has 8 nitrogen and oxygen atoms in total. The van der Waals surface area contributed by atoms with E-state index in [-0.39, 0.29) is 29.5 Å². The van der Waals surface area contributed by atoms with Crippen LogP contribution in [0, 0.1) is 11.3 Å². The predicted molar refractivity (Wildman–Crippen MR) is 126 cm³/mol. The summed E-state index contributed by atoms with van der Waals surface area (Å²) in [5, 5.41) is 12.3. The lowest BCUT2D eigenvalue weighted by Crippen LogP contribution is -2.20. The number of carbonyl (C=O) groups is 2. The van der Waals surface area contributed by atoms with Crippen molar-refractivity contribution >= 4 is 34.9 Å². The fourth-order valence-corrected chi connectivity index (χ4v) is 3.89. The van der Waals surface area contributed by atoms with Gasteiger partial charge in [-0.25, -0.2) is 0 Å². The minimum Gasteiger partial charge on any atom is -0.493 e. The average Bonchev–Trinajstić information content (AvgIpc) is 3.20. The van der Waals surface area contributed by atoms with E-state index in [2.05, 4.69) is 15.0 Å². The Balaban J connectivity index is 1.73. The van der Waals surface area contributed by atoms with Crippen molar-refractivity contribution in [2.24, 2.45) is 4.99 Å². The number of benzene rings is 2. The summed E-state index contributed by atoms with van der Waals surface area (Å²) in [7, 11) is 2.64. The first-order valence-electron chi connectivity index (χ1n) is 10.4. The molecule has 188 valence electrons. The number of methoxy groups -OCH3 is 2. The first kappa shape index (κ1) is 26.6. The number of esters is 1. The van der Waals surface area contributed by atoms with Crippen LogP contribution < -0.4 is 14.8 Å². The molecule has 0 atom stereocenters. The Morgan fingerprint density at radius 1 is 1.17 bits per heavy atom. The highest BCUT2D eigenvalue weighted by atomic mass is 32.2. The molecule has 0 spiro atoms. The summed E-state index contributed by atoms with van der Waals surface area (Å²) in [4.78, 5) is 27.6. The molecule has 3 rings (SSSR count). The summed E-state index contributed by atoms with van der Waals surface area (Å²) >= 11 is 1.12. The van der Waals surface area contributed by atoms with Crippen molar-refractivity contribution in [2.75, 3.05) is 20.8 Å². The van der Waals surface area contributed by atoms with Crippen LogP contribution in [0.3, 0.4) is 0 Å². The molecule has 12 heteroatoms. The van der Waals surface area contributed by atoms with E-state index in [9.17, 15) is 22.8 Å². The molecule has 0 bridgehead atoms. The molecular weight excluding hydrogens is 499 g/mol. The highest BCUT2D eigenvalue weighted by Crippen LogP contribution is 2.41. The Morgan fingerprint density at radius 3 is 2.58 bits per heavy atom. The van der Waals surface area contributed by atoms with Gasteiger partial charge in [0.15, 0.2) is 16.7 Å². The summed E-state index contributed by atoms with van der Waals surface area (Å²) in [5.41, 5.74) is -0.707. The maximum Gasteiger partial charge on any atom is 0.420 e. The van der Waals surface area contributed by atoms with Crippen LogP contribution in [0.15, 0.2) is 46.3 Å². The number of carbonyl (C=O) groups excluding carboxylic acids is 2. The highest BCUT2D eigenvalue weighted by molar-refractivity contribution is 8.18. The zero-order chi connectivity index (χ0) is 26.3. The maximum atomic E-state index is 13.5. The Kier molecular flexibility index (Phi) is 8.60. The molecule has 36 heavy (non-hydrogen) atoms. The van der Waals surface area contributed by atoms with Crippen molar-refractivity contribution < 1.29 is 37.0 Å². The van der Waals surface area contributed by atoms with E-state index in [0.29, 0.717) is 34.7 Å². The summed E-state index contributed by atoms with van der Waals surface area (Å²) in [6.45, 7) is 0.427. The number of alkyl halides is 3. The van der Waals surface area contributed by atoms with E-state index in [4.69, 9.17) is 14.7 Å². The van der Waals surface area contributed by atoms with Gasteiger partial charge in [-0.1, -0.05) is 6.07 Å². The number of hydrogen-bond donors (Lipinski definition) is 1. The number of thioether (sulfide) groups is 1. The SMILES string of the molecule is COC(=O)CCCNC1=NC(=O)/C(=C\c2ccc(Oc3ccc(C#N)cc3C(F)(F)F)c(OC)c2)S1. The minimum atomic E-state index is -4.73. The van der Waals surface area contributed by atoms with Gasteiger partial charge in [0.05, 0.1) is 36.3 Å². The third-order valence-corrected chi connectivity index (χ3v) is 5.74. The van der Waals surface area contributed by atoms with Crippen molar-refractivity contribution in [1.82, 2.24) is 5.32 Å². The third-order valence-electron chi connectivity index (χ3n) is 4.80. The van der Waals surface area contributed by atoms with Crippen molar-refractivity contribution in [3.8, 4) is 23.3 Å². The van der Waals surface area contributed by atoms with Crippen LogP contribution in [0.5, 0.6) is 17.2 Å². The molecule has 1 N–H and O–H groups in total. The van der Waals surface area contributed by atoms with Crippen LogP contribution in [0.2, 0.25) is 0 Å². The number of ether oxygens (including phenoxy) is 3. The molecule has 1 heterocycles. The first-order chi connectivity index (χ1) is 17.1. The van der Waals surface area contributed by atoms with Gasteiger partial charge in [0.25, 0.3) is 5.91 Å². The van der Waals surface area contributed by atoms with Gasteiger partial charge in [-0.3, -0.25) is 9.59 Å². The van der Waals surface area contributed by atoms with Crippen molar-refractivity contribution in [1.29, 1.82) is 5.26 Å². The van der Waals surface area contributed by atoms with Crippen LogP contribution in [0.25, 0.3) is 6.08 Å². The Bertz CT molecular complexity index is 1270. The molecule has 2 aromatic carbocycles. The maximum absolute atomic E-state index is 13.5. The zero-order valence-corrected chi connectivity index (χ0v) is 20.0. The normalized spacial score (nSPS) is 14.3. The molecule has 0 fully saturated rings. The van der Waals surface area contributed by atoms with Gasteiger partial charge >= 0.3 is 12.1 Å². The van der Waals surface area contributed by atoms with Crippen LogP contribution in [0.1, 0.15) is 29.5 Å². The predicted octanol–water partition coefficient (Wildman–Crippen LogP) is 4.89. The number of amidine groups is 1. The van der Waals surface area contributed by atoms with Gasteiger partial charge < -0.3 is 19.5 Å². The van der Waals surface area contributed by atoms with Gasteiger partial charge in [-0.15, -0.1) is 0 Å². The second-order valence-corrected chi connectivity index (χ2v) is 8.30. The van der Waals surface area contributed by atoms with Crippen LogP contribution in [-0.2, 0) is 20.5 Å². The Labute approximate surface area is 208 Å². The fourth-order valence-electron chi connectivity index (χ4n) is 3.05. The number of rotatable bonds is 8. The number of nitrogens with one attached hydrogen (secondary N) is 1. The van der Waals surface area contributed by atoms with Crippen LogP contribution in [-0.4, -0.2) is 37.8 Å². The molecule has 1 amide bonds. The largest absolute Gasteiger partial charge is 0.493 e. The number of aliphatic imine (C=N–C) groups is 1. The second kappa shape index (κ2) is 11.6. The molecule has 2 aromatic rings. The van der Waals surface area contributed by atoms with E-state index in [0.717, 1.165) is 17.8 Å². The Hall–Kier alpha value is -3.98. The van der Waals surface area contributed by atoms with Gasteiger partial charge in [-0.2, -0.15) is 23.4 Å². The number of hydrogen-bond acceptors (Lipinski definition) is 8. The van der Waals surface area contributed by atoms with Crippen LogP contribution >= 0.6 is 11.8 Å². The smallest absolute Gasteiger partial charge is 0.420 e. The lowest BCUT2D eigenvalue weighted by atomic mass is 10.1. The topological polar surface area (TPSA) is 110 Å².